The molecule has 0 N–H and O–H groups in total. The predicted octanol–water partition coefficient (Wildman–Crippen LogP) is 2.12. The molecule has 0 aliphatic rings. The van der Waals surface area contributed by atoms with E-state index >= 15 is 0 Å². The molecule has 0 radical (unpaired) electrons. The molecule has 0 saturated carbocycles. The van der Waals surface area contributed by atoms with Crippen LogP contribution in [-0.2, 0) is 13.0 Å². The van der Waals surface area contributed by atoms with Crippen molar-refractivity contribution in [3.8, 4) is 5.69 Å². The summed E-state index contributed by atoms with van der Waals surface area (Å²) in [4.78, 5) is 5.77. The Bertz CT molecular complexity index is 700. The van der Waals surface area contributed by atoms with Gasteiger partial charge in [0, 0.05) is 23.8 Å². The maximum atomic E-state index is 5.86. The molecule has 0 unspecified atom stereocenters. The molecule has 3 aromatic rings. The minimum Gasteiger partial charge on any atom is -0.327 e. The zero-order valence-corrected chi connectivity index (χ0v) is 11.7. The Morgan fingerprint density at radius 1 is 1.20 bits per heavy atom. The third-order valence-electron chi connectivity index (χ3n) is 2.94. The molecule has 2 aromatic heterocycles. The van der Waals surface area contributed by atoms with Gasteiger partial charge in [-0.1, -0.05) is 18.5 Å². The Labute approximate surface area is 121 Å². The first-order valence-electron chi connectivity index (χ1n) is 6.31. The molecule has 102 valence electrons. The third kappa shape index (κ3) is 2.55. The molecular formula is C13H13ClN6. The van der Waals surface area contributed by atoms with Gasteiger partial charge in [0.05, 0.1) is 12.2 Å². The highest BCUT2D eigenvalue weighted by atomic mass is 35.5. The quantitative estimate of drug-likeness (QED) is 0.738. The number of aryl methyl sites for hydroxylation is 1. The van der Waals surface area contributed by atoms with Crippen LogP contribution in [0.15, 0.2) is 36.7 Å². The zero-order valence-electron chi connectivity index (χ0n) is 10.9. The highest BCUT2D eigenvalue weighted by molar-refractivity contribution is 6.30. The molecule has 0 bridgehead atoms. The summed E-state index contributed by atoms with van der Waals surface area (Å²) < 4.78 is 2.02. The summed E-state index contributed by atoms with van der Waals surface area (Å²) in [5.74, 6) is 1.65. The van der Waals surface area contributed by atoms with Gasteiger partial charge in [-0.3, -0.25) is 0 Å². The number of aromatic nitrogens is 6. The summed E-state index contributed by atoms with van der Waals surface area (Å²) in [5.41, 5.74) is 0.828. The molecule has 20 heavy (non-hydrogen) atoms. The van der Waals surface area contributed by atoms with Crippen LogP contribution in [0.3, 0.4) is 0 Å². The van der Waals surface area contributed by atoms with E-state index in [9.17, 15) is 0 Å². The topological polar surface area (TPSA) is 61.4 Å². The summed E-state index contributed by atoms with van der Waals surface area (Å²) >= 11 is 5.86. The van der Waals surface area contributed by atoms with Gasteiger partial charge in [0.25, 0.3) is 0 Å². The number of rotatable bonds is 4. The second-order valence-electron chi connectivity index (χ2n) is 4.30. The number of nitrogens with zero attached hydrogens (tertiary/aromatic N) is 6. The fourth-order valence-corrected chi connectivity index (χ4v) is 2.07. The summed E-state index contributed by atoms with van der Waals surface area (Å²) in [7, 11) is 0. The van der Waals surface area contributed by atoms with E-state index in [1.165, 1.54) is 4.80 Å². The van der Waals surface area contributed by atoms with Gasteiger partial charge in [0.2, 0.25) is 0 Å². The number of tetrazole rings is 1. The number of imidazole rings is 1. The van der Waals surface area contributed by atoms with Crippen molar-refractivity contribution in [3.05, 3.63) is 53.3 Å². The van der Waals surface area contributed by atoms with Crippen LogP contribution in [0.4, 0.5) is 0 Å². The summed E-state index contributed by atoms with van der Waals surface area (Å²) in [6, 6.07) is 7.29. The number of hydrogen-bond donors (Lipinski definition) is 0. The number of benzene rings is 1. The Kier molecular flexibility index (Phi) is 3.47. The molecular weight excluding hydrogens is 276 g/mol. The summed E-state index contributed by atoms with van der Waals surface area (Å²) in [6.07, 6.45) is 4.57. The van der Waals surface area contributed by atoms with Gasteiger partial charge in [-0.15, -0.1) is 15.0 Å². The normalized spacial score (nSPS) is 10.9. The van der Waals surface area contributed by atoms with Gasteiger partial charge < -0.3 is 4.57 Å². The van der Waals surface area contributed by atoms with E-state index in [0.717, 1.165) is 17.9 Å². The van der Waals surface area contributed by atoms with Crippen LogP contribution in [0, 0.1) is 0 Å². The predicted molar refractivity (Wildman–Crippen MR) is 74.9 cm³/mol. The number of hydrogen-bond acceptors (Lipinski definition) is 4. The van der Waals surface area contributed by atoms with E-state index in [1.54, 1.807) is 18.3 Å². The average Bonchev–Trinajstić information content (AvgIpc) is 3.09. The van der Waals surface area contributed by atoms with Gasteiger partial charge in [0.1, 0.15) is 5.82 Å². The molecule has 3 rings (SSSR count). The molecule has 0 atom stereocenters. The van der Waals surface area contributed by atoms with Crippen molar-refractivity contribution in [1.82, 2.24) is 29.8 Å². The minimum absolute atomic E-state index is 0.566. The molecule has 0 aliphatic heterocycles. The molecule has 7 heteroatoms. The smallest absolute Gasteiger partial charge is 0.194 e. The Hall–Kier alpha value is -2.21. The van der Waals surface area contributed by atoms with Crippen LogP contribution in [0.25, 0.3) is 5.69 Å². The van der Waals surface area contributed by atoms with Crippen LogP contribution in [0.1, 0.15) is 18.6 Å². The van der Waals surface area contributed by atoms with E-state index in [0.29, 0.717) is 17.4 Å². The van der Waals surface area contributed by atoms with Gasteiger partial charge in [-0.25, -0.2) is 4.98 Å². The number of halogens is 1. The first-order valence-corrected chi connectivity index (χ1v) is 6.69. The SMILES string of the molecule is CCc1nccn1Cc1nnn(-c2ccc(Cl)cc2)n1. The van der Waals surface area contributed by atoms with Crippen molar-refractivity contribution in [1.29, 1.82) is 0 Å². The van der Waals surface area contributed by atoms with Crippen molar-refractivity contribution < 1.29 is 0 Å². The molecule has 6 nitrogen and oxygen atoms in total. The highest BCUT2D eigenvalue weighted by Crippen LogP contribution is 2.11. The molecule has 0 saturated heterocycles. The molecule has 0 spiro atoms. The summed E-state index contributed by atoms with van der Waals surface area (Å²) in [6.45, 7) is 2.63. The van der Waals surface area contributed by atoms with Crippen LogP contribution in [-0.4, -0.2) is 29.8 Å². The van der Waals surface area contributed by atoms with Crippen LogP contribution < -0.4 is 0 Å². The molecule has 1 aromatic carbocycles. The van der Waals surface area contributed by atoms with Crippen LogP contribution >= 0.6 is 11.6 Å². The van der Waals surface area contributed by atoms with Gasteiger partial charge >= 0.3 is 0 Å². The molecule has 2 heterocycles. The van der Waals surface area contributed by atoms with Crippen molar-refractivity contribution in [2.75, 3.05) is 0 Å². The first kappa shape index (κ1) is 12.8. The van der Waals surface area contributed by atoms with E-state index in [4.69, 9.17) is 11.6 Å². The monoisotopic (exact) mass is 288 g/mol. The maximum absolute atomic E-state index is 5.86. The van der Waals surface area contributed by atoms with Gasteiger partial charge in [0.15, 0.2) is 5.82 Å². The van der Waals surface area contributed by atoms with E-state index in [-0.39, 0.29) is 0 Å². The molecule has 0 aliphatic carbocycles. The maximum Gasteiger partial charge on any atom is 0.194 e. The third-order valence-corrected chi connectivity index (χ3v) is 3.19. The lowest BCUT2D eigenvalue weighted by Gasteiger charge is -2.02. The fourth-order valence-electron chi connectivity index (χ4n) is 1.94. The fraction of sp³-hybridized carbons (Fsp3) is 0.231. The van der Waals surface area contributed by atoms with Crippen molar-refractivity contribution in [2.24, 2.45) is 0 Å². The van der Waals surface area contributed by atoms with Crippen molar-refractivity contribution in [2.45, 2.75) is 19.9 Å². The van der Waals surface area contributed by atoms with Crippen LogP contribution in [0.2, 0.25) is 5.02 Å². The van der Waals surface area contributed by atoms with E-state index < -0.39 is 0 Å². The Morgan fingerprint density at radius 3 is 2.75 bits per heavy atom. The standard InChI is InChI=1S/C13H13ClN6/c1-2-13-15-7-8-19(13)9-12-16-18-20(17-12)11-5-3-10(14)4-6-11/h3-8H,2,9H2,1H3. The second kappa shape index (κ2) is 5.42. The van der Waals surface area contributed by atoms with Gasteiger partial charge in [-0.2, -0.15) is 0 Å². The lowest BCUT2D eigenvalue weighted by Crippen LogP contribution is -2.05. The van der Waals surface area contributed by atoms with E-state index in [2.05, 4.69) is 27.3 Å². The van der Waals surface area contributed by atoms with Crippen LogP contribution in [0.5, 0.6) is 0 Å². The first-order chi connectivity index (χ1) is 9.76. The van der Waals surface area contributed by atoms with Crippen molar-refractivity contribution in [3.63, 3.8) is 0 Å². The zero-order chi connectivity index (χ0) is 13.9. The average molecular weight is 289 g/mol. The van der Waals surface area contributed by atoms with Crippen molar-refractivity contribution >= 4 is 11.6 Å². The highest BCUT2D eigenvalue weighted by Gasteiger charge is 2.07. The lowest BCUT2D eigenvalue weighted by atomic mass is 10.3. The second-order valence-corrected chi connectivity index (χ2v) is 4.73. The molecule has 0 fully saturated rings. The van der Waals surface area contributed by atoms with Gasteiger partial charge in [-0.05, 0) is 29.5 Å². The lowest BCUT2D eigenvalue weighted by molar-refractivity contribution is 0.687. The summed E-state index contributed by atoms with van der Waals surface area (Å²) in [5, 5.41) is 13.2. The Balaban J connectivity index is 1.82. The van der Waals surface area contributed by atoms with E-state index in [1.807, 2.05) is 22.9 Å². The molecule has 0 amide bonds. The largest absolute Gasteiger partial charge is 0.327 e. The minimum atomic E-state index is 0.566. The Morgan fingerprint density at radius 2 is 2.00 bits per heavy atom.